The maximum absolute atomic E-state index is 5.76. The van der Waals surface area contributed by atoms with Crippen molar-refractivity contribution in [1.82, 2.24) is 0 Å². The van der Waals surface area contributed by atoms with Crippen LogP contribution >= 0.6 is 0 Å². The fourth-order valence-corrected chi connectivity index (χ4v) is 2.79. The molecule has 1 fully saturated rings. The molecule has 0 saturated heterocycles. The van der Waals surface area contributed by atoms with Crippen molar-refractivity contribution in [3.8, 4) is 5.75 Å². The highest BCUT2D eigenvalue weighted by atomic mass is 16.5. The van der Waals surface area contributed by atoms with Crippen LogP contribution < -0.4 is 4.74 Å². The van der Waals surface area contributed by atoms with E-state index in [0.29, 0.717) is 0 Å². The van der Waals surface area contributed by atoms with Crippen LogP contribution in [0.1, 0.15) is 45.4 Å². The predicted molar refractivity (Wildman–Crippen MR) is 72.3 cm³/mol. The van der Waals surface area contributed by atoms with Gasteiger partial charge in [0.15, 0.2) is 0 Å². The molecule has 0 spiro atoms. The van der Waals surface area contributed by atoms with Crippen LogP contribution in [0, 0.1) is 11.8 Å². The van der Waals surface area contributed by atoms with Gasteiger partial charge in [-0.3, -0.25) is 0 Å². The standard InChI is InChI=1S/C16H24O/c1-2-14-8-10-15(11-9-14)12-13-17-16-6-4-3-5-7-16/h3-7,14-15H,2,8-13H2,1H3/t14-,15-. The largest absolute Gasteiger partial charge is 0.494 e. The summed E-state index contributed by atoms with van der Waals surface area (Å²) >= 11 is 0. The van der Waals surface area contributed by atoms with E-state index in [0.717, 1.165) is 24.2 Å². The van der Waals surface area contributed by atoms with Gasteiger partial charge in [-0.25, -0.2) is 0 Å². The second-order valence-electron chi connectivity index (χ2n) is 5.25. The van der Waals surface area contributed by atoms with Crippen LogP contribution in [-0.4, -0.2) is 6.61 Å². The average molecular weight is 232 g/mol. The maximum atomic E-state index is 5.76. The van der Waals surface area contributed by atoms with Crippen molar-refractivity contribution in [3.05, 3.63) is 30.3 Å². The number of ether oxygens (including phenoxy) is 1. The summed E-state index contributed by atoms with van der Waals surface area (Å²) in [6.07, 6.45) is 8.30. The molecular weight excluding hydrogens is 208 g/mol. The second kappa shape index (κ2) is 6.68. The number of rotatable bonds is 5. The van der Waals surface area contributed by atoms with Crippen molar-refractivity contribution >= 4 is 0 Å². The van der Waals surface area contributed by atoms with Crippen molar-refractivity contribution in [2.24, 2.45) is 11.8 Å². The molecule has 0 bridgehead atoms. The first kappa shape index (κ1) is 12.5. The molecule has 0 amide bonds. The average Bonchev–Trinajstić information content (AvgIpc) is 2.41. The van der Waals surface area contributed by atoms with E-state index >= 15 is 0 Å². The highest BCUT2D eigenvalue weighted by molar-refractivity contribution is 5.20. The lowest BCUT2D eigenvalue weighted by molar-refractivity contribution is 0.215. The third-order valence-electron chi connectivity index (χ3n) is 4.08. The molecule has 1 saturated carbocycles. The molecule has 2 rings (SSSR count). The zero-order chi connectivity index (χ0) is 11.9. The summed E-state index contributed by atoms with van der Waals surface area (Å²) in [5, 5.41) is 0. The molecule has 0 N–H and O–H groups in total. The molecule has 1 aliphatic rings. The van der Waals surface area contributed by atoms with E-state index in [1.165, 1.54) is 38.5 Å². The molecule has 17 heavy (non-hydrogen) atoms. The van der Waals surface area contributed by atoms with Gasteiger partial charge in [0.1, 0.15) is 5.75 Å². The Hall–Kier alpha value is -0.980. The van der Waals surface area contributed by atoms with Crippen molar-refractivity contribution in [3.63, 3.8) is 0 Å². The normalized spacial score (nSPS) is 24.5. The van der Waals surface area contributed by atoms with Gasteiger partial charge in [-0.15, -0.1) is 0 Å². The van der Waals surface area contributed by atoms with Crippen LogP contribution in [0.3, 0.4) is 0 Å². The summed E-state index contributed by atoms with van der Waals surface area (Å²) in [5.41, 5.74) is 0. The quantitative estimate of drug-likeness (QED) is 0.716. The molecule has 0 radical (unpaired) electrons. The van der Waals surface area contributed by atoms with Gasteiger partial charge >= 0.3 is 0 Å². The molecule has 1 heteroatoms. The van der Waals surface area contributed by atoms with E-state index in [1.807, 2.05) is 30.3 Å². The van der Waals surface area contributed by atoms with Crippen molar-refractivity contribution in [2.75, 3.05) is 6.61 Å². The van der Waals surface area contributed by atoms with E-state index in [-0.39, 0.29) is 0 Å². The lowest BCUT2D eigenvalue weighted by atomic mass is 9.80. The Labute approximate surface area is 105 Å². The van der Waals surface area contributed by atoms with Gasteiger partial charge in [0.25, 0.3) is 0 Å². The minimum atomic E-state index is 0.880. The van der Waals surface area contributed by atoms with Crippen LogP contribution in [0.2, 0.25) is 0 Å². The Balaban J connectivity index is 1.63. The van der Waals surface area contributed by atoms with Gasteiger partial charge in [-0.1, -0.05) is 57.2 Å². The second-order valence-corrected chi connectivity index (χ2v) is 5.25. The summed E-state index contributed by atoms with van der Waals surface area (Å²) in [4.78, 5) is 0. The summed E-state index contributed by atoms with van der Waals surface area (Å²) in [6, 6.07) is 10.2. The van der Waals surface area contributed by atoms with E-state index in [1.54, 1.807) is 0 Å². The molecule has 0 unspecified atom stereocenters. The van der Waals surface area contributed by atoms with Gasteiger partial charge in [0.05, 0.1) is 6.61 Å². The lowest BCUT2D eigenvalue weighted by Crippen LogP contribution is -2.16. The van der Waals surface area contributed by atoms with Gasteiger partial charge < -0.3 is 4.74 Å². The number of hydrogen-bond acceptors (Lipinski definition) is 1. The fraction of sp³-hybridized carbons (Fsp3) is 0.625. The Kier molecular flexibility index (Phi) is 4.90. The Morgan fingerprint density at radius 1 is 1.00 bits per heavy atom. The molecule has 0 atom stereocenters. The number of hydrogen-bond donors (Lipinski definition) is 0. The van der Waals surface area contributed by atoms with Crippen LogP contribution in [0.15, 0.2) is 30.3 Å². The summed E-state index contributed by atoms with van der Waals surface area (Å²) < 4.78 is 5.76. The zero-order valence-corrected chi connectivity index (χ0v) is 10.9. The van der Waals surface area contributed by atoms with Crippen LogP contribution in [0.5, 0.6) is 5.75 Å². The first-order valence-corrected chi connectivity index (χ1v) is 7.06. The molecule has 1 aromatic carbocycles. The molecular formula is C16H24O. The SMILES string of the molecule is CC[C@H]1CC[C@H](CCOc2ccccc2)CC1. The van der Waals surface area contributed by atoms with Crippen LogP contribution in [0.25, 0.3) is 0 Å². The highest BCUT2D eigenvalue weighted by Gasteiger charge is 2.19. The van der Waals surface area contributed by atoms with Gasteiger partial charge in [-0.2, -0.15) is 0 Å². The third kappa shape index (κ3) is 4.07. The van der Waals surface area contributed by atoms with Gasteiger partial charge in [0, 0.05) is 0 Å². The van der Waals surface area contributed by atoms with Gasteiger partial charge in [-0.05, 0) is 30.4 Å². The van der Waals surface area contributed by atoms with Gasteiger partial charge in [0.2, 0.25) is 0 Å². The summed E-state index contributed by atoms with van der Waals surface area (Å²) in [5.74, 6) is 2.91. The lowest BCUT2D eigenvalue weighted by Gasteiger charge is -2.27. The number of benzene rings is 1. The molecule has 0 aliphatic heterocycles. The predicted octanol–water partition coefficient (Wildman–Crippen LogP) is 4.67. The summed E-state index contributed by atoms with van der Waals surface area (Å²) in [6.45, 7) is 3.20. The molecule has 94 valence electrons. The van der Waals surface area contributed by atoms with E-state index in [9.17, 15) is 0 Å². The summed E-state index contributed by atoms with van der Waals surface area (Å²) in [7, 11) is 0. The maximum Gasteiger partial charge on any atom is 0.119 e. The molecule has 1 nitrogen and oxygen atoms in total. The van der Waals surface area contributed by atoms with Crippen LogP contribution in [0.4, 0.5) is 0 Å². The minimum absolute atomic E-state index is 0.880. The topological polar surface area (TPSA) is 9.23 Å². The molecule has 0 aromatic heterocycles. The zero-order valence-electron chi connectivity index (χ0n) is 10.9. The first-order chi connectivity index (χ1) is 8.38. The van der Waals surface area contributed by atoms with E-state index in [4.69, 9.17) is 4.74 Å². The highest BCUT2D eigenvalue weighted by Crippen LogP contribution is 2.32. The third-order valence-corrected chi connectivity index (χ3v) is 4.08. The Morgan fingerprint density at radius 3 is 2.29 bits per heavy atom. The van der Waals surface area contributed by atoms with Crippen molar-refractivity contribution in [1.29, 1.82) is 0 Å². The Morgan fingerprint density at radius 2 is 1.65 bits per heavy atom. The first-order valence-electron chi connectivity index (χ1n) is 7.06. The Bertz CT molecular complexity index is 299. The molecule has 0 heterocycles. The smallest absolute Gasteiger partial charge is 0.119 e. The van der Waals surface area contributed by atoms with Crippen molar-refractivity contribution in [2.45, 2.75) is 45.4 Å². The fourth-order valence-electron chi connectivity index (χ4n) is 2.79. The molecule has 1 aromatic rings. The monoisotopic (exact) mass is 232 g/mol. The minimum Gasteiger partial charge on any atom is -0.494 e. The van der Waals surface area contributed by atoms with Crippen molar-refractivity contribution < 1.29 is 4.74 Å². The molecule has 1 aliphatic carbocycles. The number of para-hydroxylation sites is 1. The van der Waals surface area contributed by atoms with Crippen LogP contribution in [-0.2, 0) is 0 Å². The van der Waals surface area contributed by atoms with E-state index < -0.39 is 0 Å². The van der Waals surface area contributed by atoms with E-state index in [2.05, 4.69) is 6.92 Å².